The molecule has 14 heavy (non-hydrogen) atoms. The minimum atomic E-state index is 0.648. The molecular formula is C11H10BrNO. The lowest BCUT2D eigenvalue weighted by Crippen LogP contribution is -1.93. The number of benzene rings is 1. The summed E-state index contributed by atoms with van der Waals surface area (Å²) in [6.45, 7) is 2.60. The number of rotatable bonds is 2. The maximum atomic E-state index is 5.32. The maximum absolute atomic E-state index is 5.32. The van der Waals surface area contributed by atoms with Crippen molar-refractivity contribution in [3.05, 3.63) is 34.8 Å². The molecule has 2 nitrogen and oxygen atoms in total. The first-order valence-electron chi connectivity index (χ1n) is 4.48. The third kappa shape index (κ3) is 1.87. The van der Waals surface area contributed by atoms with Gasteiger partial charge in [-0.25, -0.2) is 4.98 Å². The van der Waals surface area contributed by atoms with Gasteiger partial charge in [0, 0.05) is 15.9 Å². The first-order chi connectivity index (χ1) is 6.79. The molecular weight excluding hydrogens is 242 g/mol. The van der Waals surface area contributed by atoms with Gasteiger partial charge >= 0.3 is 0 Å². The average Bonchev–Trinajstić information content (AvgIpc) is 2.19. The standard InChI is InChI=1S/C11H10BrNO/c1-2-14-11-6-3-8-7-9(12)4-5-10(8)13-11/h3-7H,2H2,1H3. The van der Waals surface area contributed by atoms with E-state index >= 15 is 0 Å². The molecule has 3 heteroatoms. The SMILES string of the molecule is CCOc1ccc2cc(Br)ccc2n1. The smallest absolute Gasteiger partial charge is 0.213 e. The zero-order valence-electron chi connectivity index (χ0n) is 7.83. The highest BCUT2D eigenvalue weighted by molar-refractivity contribution is 9.10. The second-order valence-corrected chi connectivity index (χ2v) is 3.84. The highest BCUT2D eigenvalue weighted by Gasteiger charge is 1.98. The van der Waals surface area contributed by atoms with Gasteiger partial charge in [-0.1, -0.05) is 15.9 Å². The third-order valence-corrected chi connectivity index (χ3v) is 2.41. The van der Waals surface area contributed by atoms with E-state index in [-0.39, 0.29) is 0 Å². The Balaban J connectivity index is 2.50. The van der Waals surface area contributed by atoms with Crippen molar-refractivity contribution in [2.24, 2.45) is 0 Å². The van der Waals surface area contributed by atoms with E-state index < -0.39 is 0 Å². The van der Waals surface area contributed by atoms with Gasteiger partial charge in [-0.3, -0.25) is 0 Å². The predicted octanol–water partition coefficient (Wildman–Crippen LogP) is 3.40. The van der Waals surface area contributed by atoms with E-state index in [1.165, 1.54) is 0 Å². The van der Waals surface area contributed by atoms with Gasteiger partial charge in [0.25, 0.3) is 0 Å². The van der Waals surface area contributed by atoms with E-state index in [1.807, 2.05) is 37.3 Å². The first-order valence-corrected chi connectivity index (χ1v) is 5.28. The molecule has 1 heterocycles. The molecule has 0 saturated heterocycles. The van der Waals surface area contributed by atoms with Crippen molar-refractivity contribution in [1.29, 1.82) is 0 Å². The molecule has 1 aromatic heterocycles. The number of ether oxygens (including phenoxy) is 1. The summed E-state index contributed by atoms with van der Waals surface area (Å²) in [5.41, 5.74) is 0.958. The molecule has 0 amide bonds. The number of hydrogen-bond acceptors (Lipinski definition) is 2. The minimum Gasteiger partial charge on any atom is -0.478 e. The number of pyridine rings is 1. The molecule has 0 N–H and O–H groups in total. The van der Waals surface area contributed by atoms with Crippen LogP contribution in [-0.4, -0.2) is 11.6 Å². The Morgan fingerprint density at radius 3 is 2.93 bits per heavy atom. The van der Waals surface area contributed by atoms with E-state index in [2.05, 4.69) is 20.9 Å². The van der Waals surface area contributed by atoms with Crippen LogP contribution in [0.5, 0.6) is 5.88 Å². The Labute approximate surface area is 91.0 Å². The summed E-state index contributed by atoms with van der Waals surface area (Å²) >= 11 is 3.42. The lowest BCUT2D eigenvalue weighted by molar-refractivity contribution is 0.328. The fourth-order valence-corrected chi connectivity index (χ4v) is 1.68. The molecule has 0 atom stereocenters. The summed E-state index contributed by atoms with van der Waals surface area (Å²) in [4.78, 5) is 4.36. The molecule has 72 valence electrons. The predicted molar refractivity (Wildman–Crippen MR) is 60.6 cm³/mol. The molecule has 0 bridgehead atoms. The summed E-state index contributed by atoms with van der Waals surface area (Å²) in [6, 6.07) is 9.89. The van der Waals surface area contributed by atoms with E-state index in [9.17, 15) is 0 Å². The fourth-order valence-electron chi connectivity index (χ4n) is 1.31. The van der Waals surface area contributed by atoms with E-state index in [0.29, 0.717) is 12.5 Å². The third-order valence-electron chi connectivity index (χ3n) is 1.92. The van der Waals surface area contributed by atoms with Gasteiger partial charge in [-0.05, 0) is 31.2 Å². The Morgan fingerprint density at radius 1 is 1.29 bits per heavy atom. The van der Waals surface area contributed by atoms with Gasteiger partial charge in [0.1, 0.15) is 0 Å². The zero-order chi connectivity index (χ0) is 9.97. The molecule has 2 rings (SSSR count). The van der Waals surface area contributed by atoms with Crippen LogP contribution >= 0.6 is 15.9 Å². The summed E-state index contributed by atoms with van der Waals surface area (Å²) < 4.78 is 6.39. The van der Waals surface area contributed by atoms with Crippen LogP contribution < -0.4 is 4.74 Å². The van der Waals surface area contributed by atoms with Gasteiger partial charge in [-0.15, -0.1) is 0 Å². The van der Waals surface area contributed by atoms with Crippen LogP contribution in [0.4, 0.5) is 0 Å². The van der Waals surface area contributed by atoms with Crippen LogP contribution in [0.25, 0.3) is 10.9 Å². The molecule has 0 saturated carbocycles. The van der Waals surface area contributed by atoms with Gasteiger partial charge in [0.2, 0.25) is 5.88 Å². The normalized spacial score (nSPS) is 10.4. The van der Waals surface area contributed by atoms with Crippen LogP contribution in [0.15, 0.2) is 34.8 Å². The lowest BCUT2D eigenvalue weighted by atomic mass is 10.2. The van der Waals surface area contributed by atoms with Gasteiger partial charge < -0.3 is 4.74 Å². The van der Waals surface area contributed by atoms with Crippen LogP contribution in [0, 0.1) is 0 Å². The molecule has 0 spiro atoms. The Kier molecular flexibility index (Phi) is 2.68. The summed E-state index contributed by atoms with van der Waals surface area (Å²) in [7, 11) is 0. The van der Waals surface area contributed by atoms with Crippen molar-refractivity contribution >= 4 is 26.8 Å². The number of nitrogens with zero attached hydrogens (tertiary/aromatic N) is 1. The number of aromatic nitrogens is 1. The second-order valence-electron chi connectivity index (χ2n) is 2.92. The largest absolute Gasteiger partial charge is 0.478 e. The van der Waals surface area contributed by atoms with Crippen molar-refractivity contribution in [1.82, 2.24) is 4.98 Å². The van der Waals surface area contributed by atoms with Crippen molar-refractivity contribution in [3.8, 4) is 5.88 Å². The first kappa shape index (κ1) is 9.46. The lowest BCUT2D eigenvalue weighted by Gasteiger charge is -2.03. The molecule has 2 aromatic rings. The maximum Gasteiger partial charge on any atom is 0.213 e. The Hall–Kier alpha value is -1.09. The second kappa shape index (κ2) is 3.96. The molecule has 0 aliphatic rings. The quantitative estimate of drug-likeness (QED) is 0.817. The molecule has 0 unspecified atom stereocenters. The van der Waals surface area contributed by atoms with Crippen molar-refractivity contribution < 1.29 is 4.74 Å². The molecule has 1 aromatic carbocycles. The van der Waals surface area contributed by atoms with Crippen molar-refractivity contribution in [2.75, 3.05) is 6.61 Å². The highest BCUT2D eigenvalue weighted by atomic mass is 79.9. The Morgan fingerprint density at radius 2 is 2.14 bits per heavy atom. The molecule has 0 radical (unpaired) electrons. The molecule has 0 aliphatic carbocycles. The minimum absolute atomic E-state index is 0.648. The summed E-state index contributed by atoms with van der Waals surface area (Å²) in [5.74, 6) is 0.683. The van der Waals surface area contributed by atoms with Crippen LogP contribution in [-0.2, 0) is 0 Å². The number of hydrogen-bond donors (Lipinski definition) is 0. The van der Waals surface area contributed by atoms with E-state index in [1.54, 1.807) is 0 Å². The van der Waals surface area contributed by atoms with E-state index in [4.69, 9.17) is 4.74 Å². The molecule has 0 aliphatic heterocycles. The highest BCUT2D eigenvalue weighted by Crippen LogP contribution is 2.20. The monoisotopic (exact) mass is 251 g/mol. The van der Waals surface area contributed by atoms with Gasteiger partial charge in [0.05, 0.1) is 12.1 Å². The number of halogens is 1. The summed E-state index contributed by atoms with van der Waals surface area (Å²) in [6.07, 6.45) is 0. The van der Waals surface area contributed by atoms with Gasteiger partial charge in [0.15, 0.2) is 0 Å². The van der Waals surface area contributed by atoms with Crippen molar-refractivity contribution in [2.45, 2.75) is 6.92 Å². The molecule has 0 fully saturated rings. The average molecular weight is 252 g/mol. The van der Waals surface area contributed by atoms with E-state index in [0.717, 1.165) is 15.4 Å². The van der Waals surface area contributed by atoms with Gasteiger partial charge in [-0.2, -0.15) is 0 Å². The summed E-state index contributed by atoms with van der Waals surface area (Å²) in [5, 5.41) is 1.11. The topological polar surface area (TPSA) is 22.1 Å². The Bertz CT molecular complexity index is 456. The van der Waals surface area contributed by atoms with Crippen LogP contribution in [0.3, 0.4) is 0 Å². The zero-order valence-corrected chi connectivity index (χ0v) is 9.41. The van der Waals surface area contributed by atoms with Crippen LogP contribution in [0.1, 0.15) is 6.92 Å². The fraction of sp³-hybridized carbons (Fsp3) is 0.182. The van der Waals surface area contributed by atoms with Crippen LogP contribution in [0.2, 0.25) is 0 Å². The van der Waals surface area contributed by atoms with Crippen molar-refractivity contribution in [3.63, 3.8) is 0 Å². The number of fused-ring (bicyclic) bond motifs is 1.